The van der Waals surface area contributed by atoms with Crippen molar-refractivity contribution in [3.8, 4) is 5.69 Å². The quantitative estimate of drug-likeness (QED) is 0.913. The van der Waals surface area contributed by atoms with E-state index in [1.807, 2.05) is 30.6 Å². The summed E-state index contributed by atoms with van der Waals surface area (Å²) in [5.41, 5.74) is 1.12. The number of morpholine rings is 1. The number of para-hydroxylation sites is 1. The van der Waals surface area contributed by atoms with E-state index in [0.29, 0.717) is 6.04 Å². The predicted molar refractivity (Wildman–Crippen MR) is 83.9 cm³/mol. The minimum atomic E-state index is 0.341. The number of benzene rings is 1. The fourth-order valence-corrected chi connectivity index (χ4v) is 2.64. The zero-order valence-electron chi connectivity index (χ0n) is 12.4. The maximum absolute atomic E-state index is 5.39. The highest BCUT2D eigenvalue weighted by Gasteiger charge is 2.15. The molecule has 0 aliphatic carbocycles. The molecule has 1 aliphatic heterocycles. The first-order valence-corrected chi connectivity index (χ1v) is 7.48. The minimum Gasteiger partial charge on any atom is -0.379 e. The smallest absolute Gasteiger partial charge is 0.207 e. The second-order valence-electron chi connectivity index (χ2n) is 5.41. The third-order valence-corrected chi connectivity index (χ3v) is 3.69. The summed E-state index contributed by atoms with van der Waals surface area (Å²) < 4.78 is 7.46. The molecule has 1 aromatic carbocycles. The molecule has 0 saturated carbocycles. The number of aromatic nitrogens is 2. The number of rotatable bonds is 5. The summed E-state index contributed by atoms with van der Waals surface area (Å²) in [6.07, 6.45) is 3.82. The van der Waals surface area contributed by atoms with E-state index < -0.39 is 0 Å². The Morgan fingerprint density at radius 2 is 2.00 bits per heavy atom. The van der Waals surface area contributed by atoms with Crippen LogP contribution in [0.4, 0.5) is 5.95 Å². The van der Waals surface area contributed by atoms with Gasteiger partial charge in [-0.05, 0) is 19.1 Å². The lowest BCUT2D eigenvalue weighted by molar-refractivity contribution is 0.0367. The van der Waals surface area contributed by atoms with Gasteiger partial charge in [0.1, 0.15) is 0 Å². The number of nitrogens with one attached hydrogen (secondary N) is 1. The lowest BCUT2D eigenvalue weighted by atomic mass is 10.3. The van der Waals surface area contributed by atoms with Crippen LogP contribution < -0.4 is 5.32 Å². The molecule has 0 amide bonds. The Morgan fingerprint density at radius 3 is 2.76 bits per heavy atom. The van der Waals surface area contributed by atoms with Gasteiger partial charge in [0.25, 0.3) is 0 Å². The van der Waals surface area contributed by atoms with Crippen LogP contribution in [-0.4, -0.2) is 53.3 Å². The number of ether oxygens (including phenoxy) is 1. The molecule has 0 spiro atoms. The fourth-order valence-electron chi connectivity index (χ4n) is 2.64. The molecule has 1 saturated heterocycles. The fraction of sp³-hybridized carbons (Fsp3) is 0.438. The molecule has 0 radical (unpaired) electrons. The van der Waals surface area contributed by atoms with Gasteiger partial charge in [0.2, 0.25) is 5.95 Å². The first-order valence-electron chi connectivity index (χ1n) is 7.48. The van der Waals surface area contributed by atoms with E-state index in [-0.39, 0.29) is 0 Å². The highest BCUT2D eigenvalue weighted by atomic mass is 16.5. The molecular weight excluding hydrogens is 264 g/mol. The second-order valence-corrected chi connectivity index (χ2v) is 5.41. The first kappa shape index (κ1) is 14.1. The summed E-state index contributed by atoms with van der Waals surface area (Å²) in [4.78, 5) is 6.86. The number of hydrogen-bond acceptors (Lipinski definition) is 4. The summed E-state index contributed by atoms with van der Waals surface area (Å²) in [5.74, 6) is 0.891. The van der Waals surface area contributed by atoms with Crippen molar-refractivity contribution in [3.63, 3.8) is 0 Å². The largest absolute Gasteiger partial charge is 0.379 e. The number of hydrogen-bond donors (Lipinski definition) is 1. The van der Waals surface area contributed by atoms with Gasteiger partial charge < -0.3 is 10.1 Å². The number of nitrogens with zero attached hydrogens (tertiary/aromatic N) is 3. The normalized spacial score (nSPS) is 17.6. The van der Waals surface area contributed by atoms with Crippen molar-refractivity contribution in [2.24, 2.45) is 0 Å². The van der Waals surface area contributed by atoms with E-state index in [0.717, 1.165) is 44.5 Å². The summed E-state index contributed by atoms with van der Waals surface area (Å²) in [5, 5.41) is 3.51. The molecule has 2 heterocycles. The molecule has 0 bridgehead atoms. The first-order chi connectivity index (χ1) is 10.3. The Hall–Kier alpha value is -1.85. The Labute approximate surface area is 125 Å². The highest BCUT2D eigenvalue weighted by molar-refractivity contribution is 5.41. The average molecular weight is 286 g/mol. The van der Waals surface area contributed by atoms with Crippen LogP contribution in [0.5, 0.6) is 0 Å². The third kappa shape index (κ3) is 3.62. The van der Waals surface area contributed by atoms with Crippen molar-refractivity contribution in [2.75, 3.05) is 38.2 Å². The molecule has 1 aromatic heterocycles. The van der Waals surface area contributed by atoms with Gasteiger partial charge in [-0.25, -0.2) is 4.98 Å². The molecule has 1 N–H and O–H groups in total. The van der Waals surface area contributed by atoms with Gasteiger partial charge in [-0.3, -0.25) is 9.47 Å². The summed E-state index contributed by atoms with van der Waals surface area (Å²) in [7, 11) is 0. The molecule has 21 heavy (non-hydrogen) atoms. The van der Waals surface area contributed by atoms with Crippen LogP contribution in [0.15, 0.2) is 42.7 Å². The van der Waals surface area contributed by atoms with Crippen LogP contribution >= 0.6 is 0 Å². The Bertz CT molecular complexity index is 548. The van der Waals surface area contributed by atoms with Crippen molar-refractivity contribution in [3.05, 3.63) is 42.7 Å². The van der Waals surface area contributed by atoms with Crippen LogP contribution in [-0.2, 0) is 4.74 Å². The van der Waals surface area contributed by atoms with Crippen LogP contribution in [0, 0.1) is 0 Å². The van der Waals surface area contributed by atoms with Gasteiger partial charge in [-0.2, -0.15) is 0 Å². The lowest BCUT2D eigenvalue weighted by Crippen LogP contribution is -2.42. The van der Waals surface area contributed by atoms with E-state index in [1.54, 1.807) is 0 Å². The van der Waals surface area contributed by atoms with Gasteiger partial charge in [0, 0.05) is 43.8 Å². The van der Waals surface area contributed by atoms with E-state index in [9.17, 15) is 0 Å². The highest BCUT2D eigenvalue weighted by Crippen LogP contribution is 2.15. The molecule has 5 nitrogen and oxygen atoms in total. The third-order valence-electron chi connectivity index (χ3n) is 3.69. The van der Waals surface area contributed by atoms with Crippen molar-refractivity contribution in [1.82, 2.24) is 14.5 Å². The summed E-state index contributed by atoms with van der Waals surface area (Å²) in [6, 6.07) is 10.6. The summed E-state index contributed by atoms with van der Waals surface area (Å²) in [6.45, 7) is 6.90. The van der Waals surface area contributed by atoms with Crippen LogP contribution in [0.2, 0.25) is 0 Å². The van der Waals surface area contributed by atoms with Gasteiger partial charge in [-0.15, -0.1) is 0 Å². The molecule has 1 aliphatic rings. The SMILES string of the molecule is CC(CN1CCOCC1)Nc1nccn1-c1ccccc1. The maximum atomic E-state index is 5.39. The molecule has 112 valence electrons. The second kappa shape index (κ2) is 6.74. The Kier molecular flexibility index (Phi) is 4.52. The van der Waals surface area contributed by atoms with E-state index in [2.05, 4.69) is 38.8 Å². The standard InChI is InChI=1S/C16H22N4O/c1-14(13-19-9-11-21-12-10-19)18-16-17-7-8-20(16)15-5-3-2-4-6-15/h2-8,14H,9-13H2,1H3,(H,17,18). The van der Waals surface area contributed by atoms with Crippen molar-refractivity contribution in [1.29, 1.82) is 0 Å². The summed E-state index contributed by atoms with van der Waals surface area (Å²) >= 11 is 0. The lowest BCUT2D eigenvalue weighted by Gasteiger charge is -2.29. The van der Waals surface area contributed by atoms with Crippen LogP contribution in [0.1, 0.15) is 6.92 Å². The zero-order valence-corrected chi connectivity index (χ0v) is 12.4. The van der Waals surface area contributed by atoms with Gasteiger partial charge in [0.15, 0.2) is 0 Å². The van der Waals surface area contributed by atoms with Crippen molar-refractivity contribution >= 4 is 5.95 Å². The minimum absolute atomic E-state index is 0.341. The Morgan fingerprint density at radius 1 is 1.24 bits per heavy atom. The molecular formula is C16H22N4O. The monoisotopic (exact) mass is 286 g/mol. The van der Waals surface area contributed by atoms with E-state index in [4.69, 9.17) is 4.74 Å². The maximum Gasteiger partial charge on any atom is 0.207 e. The van der Waals surface area contributed by atoms with Gasteiger partial charge >= 0.3 is 0 Å². The molecule has 3 rings (SSSR count). The molecule has 1 atom stereocenters. The zero-order chi connectivity index (χ0) is 14.5. The van der Waals surface area contributed by atoms with Crippen molar-refractivity contribution in [2.45, 2.75) is 13.0 Å². The average Bonchev–Trinajstić information content (AvgIpc) is 2.97. The van der Waals surface area contributed by atoms with Gasteiger partial charge in [-0.1, -0.05) is 18.2 Å². The molecule has 1 unspecified atom stereocenters. The molecule has 5 heteroatoms. The van der Waals surface area contributed by atoms with E-state index >= 15 is 0 Å². The van der Waals surface area contributed by atoms with Crippen LogP contribution in [0.25, 0.3) is 5.69 Å². The number of anilines is 1. The van der Waals surface area contributed by atoms with Crippen molar-refractivity contribution < 1.29 is 4.74 Å². The molecule has 1 fully saturated rings. The Balaban J connectivity index is 1.64. The van der Waals surface area contributed by atoms with Gasteiger partial charge in [0.05, 0.1) is 13.2 Å². The van der Waals surface area contributed by atoms with E-state index in [1.165, 1.54) is 0 Å². The predicted octanol–water partition coefficient (Wildman–Crippen LogP) is 2.00. The molecule has 2 aromatic rings. The topological polar surface area (TPSA) is 42.3 Å². The number of imidazole rings is 1. The van der Waals surface area contributed by atoms with Crippen LogP contribution in [0.3, 0.4) is 0 Å².